The van der Waals surface area contributed by atoms with Gasteiger partial charge in [0.2, 0.25) is 0 Å². The number of nitrogens with zero attached hydrogens (tertiary/aromatic N) is 1. The van der Waals surface area contributed by atoms with Crippen LogP contribution in [0.1, 0.15) is 44.7 Å². The van der Waals surface area contributed by atoms with Gasteiger partial charge in [-0.2, -0.15) is 0 Å². The molecule has 0 saturated heterocycles. The van der Waals surface area contributed by atoms with Crippen LogP contribution in [-0.2, 0) is 6.42 Å². The van der Waals surface area contributed by atoms with Crippen molar-refractivity contribution < 1.29 is 0 Å². The van der Waals surface area contributed by atoms with Gasteiger partial charge < -0.3 is 5.73 Å². The smallest absolute Gasteiger partial charge is 0.0421 e. The number of aromatic nitrogens is 1. The lowest BCUT2D eigenvalue weighted by Crippen LogP contribution is -2.41. The van der Waals surface area contributed by atoms with Gasteiger partial charge in [0, 0.05) is 23.9 Å². The second-order valence-electron chi connectivity index (χ2n) is 5.40. The van der Waals surface area contributed by atoms with Gasteiger partial charge in [-0.25, -0.2) is 0 Å². The monoisotopic (exact) mass is 218 g/mol. The largest absolute Gasteiger partial charge is 0.325 e. The van der Waals surface area contributed by atoms with Crippen LogP contribution >= 0.6 is 0 Å². The highest BCUT2D eigenvalue weighted by Gasteiger charge is 2.28. The average molecular weight is 218 g/mol. The molecule has 0 aliphatic heterocycles. The van der Waals surface area contributed by atoms with Crippen molar-refractivity contribution in [1.29, 1.82) is 0 Å². The molecule has 1 saturated carbocycles. The van der Waals surface area contributed by atoms with Crippen molar-refractivity contribution >= 4 is 0 Å². The summed E-state index contributed by atoms with van der Waals surface area (Å²) >= 11 is 0. The van der Waals surface area contributed by atoms with Crippen LogP contribution < -0.4 is 5.73 Å². The number of nitrogens with two attached hydrogens (primary N) is 1. The fourth-order valence-corrected chi connectivity index (χ4v) is 2.65. The molecule has 2 N–H and O–H groups in total. The summed E-state index contributed by atoms with van der Waals surface area (Å²) in [5.74, 6) is 0.842. The Bertz CT molecular complexity index is 323. The normalized spacial score (nSPS) is 31.0. The summed E-state index contributed by atoms with van der Waals surface area (Å²) in [5, 5.41) is 0. The van der Waals surface area contributed by atoms with Crippen LogP contribution in [0, 0.1) is 5.92 Å². The molecular weight excluding hydrogens is 196 g/mol. The summed E-state index contributed by atoms with van der Waals surface area (Å²) in [4.78, 5) is 4.39. The fraction of sp³-hybridized carbons (Fsp3) is 0.643. The average Bonchev–Trinajstić information content (AvgIpc) is 2.43. The fourth-order valence-electron chi connectivity index (χ4n) is 2.65. The van der Waals surface area contributed by atoms with Gasteiger partial charge in [-0.15, -0.1) is 0 Å². The molecule has 2 nitrogen and oxygen atoms in total. The van der Waals surface area contributed by atoms with Crippen LogP contribution in [0.5, 0.6) is 0 Å². The van der Waals surface area contributed by atoms with Gasteiger partial charge in [0.1, 0.15) is 0 Å². The molecule has 1 aromatic rings. The molecule has 0 spiro atoms. The summed E-state index contributed by atoms with van der Waals surface area (Å²) < 4.78 is 0. The first-order chi connectivity index (χ1) is 7.68. The third-order valence-electron chi connectivity index (χ3n) is 3.77. The summed E-state index contributed by atoms with van der Waals surface area (Å²) in [5.41, 5.74) is 7.64. The molecule has 0 aromatic carbocycles. The maximum absolute atomic E-state index is 6.51. The highest BCUT2D eigenvalue weighted by atomic mass is 14.8. The van der Waals surface area contributed by atoms with Crippen molar-refractivity contribution in [1.82, 2.24) is 4.98 Å². The van der Waals surface area contributed by atoms with Gasteiger partial charge in [-0.1, -0.05) is 25.8 Å². The predicted molar refractivity (Wildman–Crippen MR) is 67.1 cm³/mol. The first kappa shape index (κ1) is 11.6. The molecule has 1 fully saturated rings. The van der Waals surface area contributed by atoms with E-state index in [0.29, 0.717) is 0 Å². The first-order valence-electron chi connectivity index (χ1n) is 6.37. The van der Waals surface area contributed by atoms with Crippen molar-refractivity contribution in [3.63, 3.8) is 0 Å². The van der Waals surface area contributed by atoms with E-state index in [2.05, 4.69) is 18.0 Å². The molecule has 0 bridgehead atoms. The van der Waals surface area contributed by atoms with E-state index in [1.54, 1.807) is 0 Å². The molecule has 2 rings (SSSR count). The Labute approximate surface area is 98.3 Å². The molecule has 2 atom stereocenters. The molecule has 2 heteroatoms. The SMILES string of the molecule is CC1CCCC(N)(Cc2ccccn2)CC1. The maximum atomic E-state index is 6.51. The molecule has 0 radical (unpaired) electrons. The third-order valence-corrected chi connectivity index (χ3v) is 3.77. The van der Waals surface area contributed by atoms with E-state index < -0.39 is 0 Å². The minimum atomic E-state index is -0.0148. The second-order valence-corrected chi connectivity index (χ2v) is 5.40. The van der Waals surface area contributed by atoms with Gasteiger partial charge in [-0.3, -0.25) is 4.98 Å². The van der Waals surface area contributed by atoms with Crippen molar-refractivity contribution in [3.05, 3.63) is 30.1 Å². The molecule has 16 heavy (non-hydrogen) atoms. The Morgan fingerprint density at radius 3 is 3.00 bits per heavy atom. The summed E-state index contributed by atoms with van der Waals surface area (Å²) in [7, 11) is 0. The minimum Gasteiger partial charge on any atom is -0.325 e. The van der Waals surface area contributed by atoms with Crippen LogP contribution in [0.25, 0.3) is 0 Å². The second kappa shape index (κ2) is 4.96. The quantitative estimate of drug-likeness (QED) is 0.775. The Morgan fingerprint density at radius 1 is 1.38 bits per heavy atom. The molecular formula is C14H22N2. The highest BCUT2D eigenvalue weighted by molar-refractivity contribution is 5.08. The summed E-state index contributed by atoms with van der Waals surface area (Å²) in [6.45, 7) is 2.34. The zero-order valence-electron chi connectivity index (χ0n) is 10.2. The lowest BCUT2D eigenvalue weighted by atomic mass is 9.86. The topological polar surface area (TPSA) is 38.9 Å². The Balaban J connectivity index is 2.02. The van der Waals surface area contributed by atoms with E-state index in [-0.39, 0.29) is 5.54 Å². The highest BCUT2D eigenvalue weighted by Crippen LogP contribution is 2.30. The summed E-state index contributed by atoms with van der Waals surface area (Å²) in [6, 6.07) is 6.09. The van der Waals surface area contributed by atoms with Crippen LogP contribution in [0.15, 0.2) is 24.4 Å². The standard InChI is InChI=1S/C14H22N2/c1-12-5-4-8-14(15,9-7-12)11-13-6-2-3-10-16-13/h2-3,6,10,12H,4-5,7-9,11,15H2,1H3. The summed E-state index contributed by atoms with van der Waals surface area (Å²) in [6.07, 6.45) is 8.95. The van der Waals surface area contributed by atoms with Gasteiger partial charge >= 0.3 is 0 Å². The number of hydrogen-bond donors (Lipinski definition) is 1. The van der Waals surface area contributed by atoms with E-state index >= 15 is 0 Å². The van der Waals surface area contributed by atoms with Crippen LogP contribution in [0.4, 0.5) is 0 Å². The lowest BCUT2D eigenvalue weighted by Gasteiger charge is -2.27. The van der Waals surface area contributed by atoms with Crippen LogP contribution in [0.2, 0.25) is 0 Å². The van der Waals surface area contributed by atoms with E-state index in [4.69, 9.17) is 5.73 Å². The van der Waals surface area contributed by atoms with E-state index in [0.717, 1.165) is 30.9 Å². The molecule has 2 unspecified atom stereocenters. The van der Waals surface area contributed by atoms with Gasteiger partial charge in [-0.05, 0) is 37.3 Å². The Morgan fingerprint density at radius 2 is 2.25 bits per heavy atom. The Hall–Kier alpha value is -0.890. The van der Waals surface area contributed by atoms with Crippen molar-refractivity contribution in [2.24, 2.45) is 11.7 Å². The van der Waals surface area contributed by atoms with E-state index in [1.807, 2.05) is 18.3 Å². The first-order valence-corrected chi connectivity index (χ1v) is 6.37. The van der Waals surface area contributed by atoms with Crippen LogP contribution in [-0.4, -0.2) is 10.5 Å². The zero-order chi connectivity index (χ0) is 11.4. The number of hydrogen-bond acceptors (Lipinski definition) is 2. The van der Waals surface area contributed by atoms with Gasteiger partial charge in [0.25, 0.3) is 0 Å². The van der Waals surface area contributed by atoms with Crippen molar-refractivity contribution in [3.8, 4) is 0 Å². The molecule has 1 aromatic heterocycles. The molecule has 0 amide bonds. The number of rotatable bonds is 2. The van der Waals surface area contributed by atoms with E-state index in [1.165, 1.54) is 19.3 Å². The van der Waals surface area contributed by atoms with Crippen molar-refractivity contribution in [2.75, 3.05) is 0 Å². The van der Waals surface area contributed by atoms with E-state index in [9.17, 15) is 0 Å². The molecule has 88 valence electrons. The number of pyridine rings is 1. The maximum Gasteiger partial charge on any atom is 0.0421 e. The molecule has 1 aliphatic rings. The van der Waals surface area contributed by atoms with Crippen molar-refractivity contribution in [2.45, 2.75) is 51.0 Å². The molecule has 1 heterocycles. The molecule has 1 aliphatic carbocycles. The Kier molecular flexibility index (Phi) is 3.59. The predicted octanol–water partition coefficient (Wildman–Crippen LogP) is 2.92. The minimum absolute atomic E-state index is 0.0148. The lowest BCUT2D eigenvalue weighted by molar-refractivity contribution is 0.360. The van der Waals surface area contributed by atoms with Crippen LogP contribution in [0.3, 0.4) is 0 Å². The zero-order valence-corrected chi connectivity index (χ0v) is 10.2. The third kappa shape index (κ3) is 3.05. The van der Waals surface area contributed by atoms with Gasteiger partial charge in [0.05, 0.1) is 0 Å². The van der Waals surface area contributed by atoms with Gasteiger partial charge in [0.15, 0.2) is 0 Å².